The molecule has 0 bridgehead atoms. The number of hydrogen-bond acceptors (Lipinski definition) is 3. The Morgan fingerprint density at radius 3 is 2.65 bits per heavy atom. The summed E-state index contributed by atoms with van der Waals surface area (Å²) in [5.41, 5.74) is 0. The minimum absolute atomic E-state index is 0.130. The summed E-state index contributed by atoms with van der Waals surface area (Å²) in [6, 6.07) is 0.595. The van der Waals surface area contributed by atoms with Crippen molar-refractivity contribution < 1.29 is 9.90 Å². The van der Waals surface area contributed by atoms with Crippen molar-refractivity contribution >= 4 is 5.97 Å². The normalized spacial score (nSPS) is 31.5. The third kappa shape index (κ3) is 3.19. The molecule has 17 heavy (non-hydrogen) atoms. The highest BCUT2D eigenvalue weighted by Crippen LogP contribution is 2.24. The summed E-state index contributed by atoms with van der Waals surface area (Å²) in [4.78, 5) is 15.8. The van der Waals surface area contributed by atoms with Gasteiger partial charge in [-0.1, -0.05) is 13.8 Å². The lowest BCUT2D eigenvalue weighted by Gasteiger charge is -2.24. The molecular weight excluding hydrogens is 216 g/mol. The molecule has 1 N–H and O–H groups in total. The molecule has 2 aliphatic heterocycles. The molecule has 0 aliphatic carbocycles. The van der Waals surface area contributed by atoms with Crippen LogP contribution in [0.5, 0.6) is 0 Å². The molecule has 0 aromatic carbocycles. The van der Waals surface area contributed by atoms with Crippen LogP contribution in [0.2, 0.25) is 0 Å². The van der Waals surface area contributed by atoms with Crippen LogP contribution in [0.4, 0.5) is 0 Å². The molecule has 2 rings (SSSR count). The lowest BCUT2D eigenvalue weighted by atomic mass is 10.1. The molecule has 0 spiro atoms. The van der Waals surface area contributed by atoms with Crippen LogP contribution in [0.15, 0.2) is 0 Å². The van der Waals surface area contributed by atoms with Gasteiger partial charge in [-0.25, -0.2) is 0 Å². The van der Waals surface area contributed by atoms with Crippen LogP contribution >= 0.6 is 0 Å². The molecule has 0 radical (unpaired) electrons. The minimum atomic E-state index is -0.621. The fourth-order valence-electron chi connectivity index (χ4n) is 3.11. The first-order valence-electron chi connectivity index (χ1n) is 6.75. The summed E-state index contributed by atoms with van der Waals surface area (Å²) in [6.07, 6.45) is 2.04. The highest BCUT2D eigenvalue weighted by Gasteiger charge is 2.35. The lowest BCUT2D eigenvalue weighted by Crippen LogP contribution is -2.37. The molecule has 4 heteroatoms. The molecule has 2 atom stereocenters. The standard InChI is InChI=1S/C13H24N2O2/c1-10(2)7-14-5-4-12(9-14)15-6-3-11(8-15)13(16)17/h10-12H,3-9H2,1-2H3,(H,16,17). The summed E-state index contributed by atoms with van der Waals surface area (Å²) < 4.78 is 0. The summed E-state index contributed by atoms with van der Waals surface area (Å²) >= 11 is 0. The maximum Gasteiger partial charge on any atom is 0.307 e. The lowest BCUT2D eigenvalue weighted by molar-refractivity contribution is -0.141. The quantitative estimate of drug-likeness (QED) is 0.800. The van der Waals surface area contributed by atoms with Crippen LogP contribution in [-0.4, -0.2) is 59.6 Å². The molecule has 0 saturated carbocycles. The second kappa shape index (κ2) is 5.36. The Labute approximate surface area is 104 Å². The van der Waals surface area contributed by atoms with E-state index in [4.69, 9.17) is 5.11 Å². The van der Waals surface area contributed by atoms with Crippen LogP contribution in [0.25, 0.3) is 0 Å². The Hall–Kier alpha value is -0.610. The predicted octanol–water partition coefficient (Wildman–Crippen LogP) is 1.12. The third-order valence-electron chi connectivity index (χ3n) is 3.96. The molecule has 2 heterocycles. The van der Waals surface area contributed by atoms with E-state index in [1.54, 1.807) is 0 Å². The Balaban J connectivity index is 1.79. The first-order chi connectivity index (χ1) is 8.06. The number of rotatable bonds is 4. The van der Waals surface area contributed by atoms with Gasteiger partial charge < -0.3 is 10.0 Å². The topological polar surface area (TPSA) is 43.8 Å². The number of carboxylic acids is 1. The maximum absolute atomic E-state index is 10.9. The SMILES string of the molecule is CC(C)CN1CCC(N2CCC(C(=O)O)C2)C1. The van der Waals surface area contributed by atoms with E-state index < -0.39 is 5.97 Å². The van der Waals surface area contributed by atoms with Gasteiger partial charge in [-0.15, -0.1) is 0 Å². The molecule has 2 fully saturated rings. The van der Waals surface area contributed by atoms with Crippen molar-refractivity contribution in [1.82, 2.24) is 9.80 Å². The number of carbonyl (C=O) groups is 1. The molecule has 2 unspecified atom stereocenters. The van der Waals surface area contributed by atoms with Gasteiger partial charge in [-0.2, -0.15) is 0 Å². The van der Waals surface area contributed by atoms with Crippen LogP contribution in [0.3, 0.4) is 0 Å². The average Bonchev–Trinajstić information content (AvgIpc) is 2.83. The smallest absolute Gasteiger partial charge is 0.307 e. The van der Waals surface area contributed by atoms with Crippen molar-refractivity contribution in [3.8, 4) is 0 Å². The number of hydrogen-bond donors (Lipinski definition) is 1. The maximum atomic E-state index is 10.9. The van der Waals surface area contributed by atoms with Crippen molar-refractivity contribution in [2.75, 3.05) is 32.7 Å². The Bertz CT molecular complexity index is 281. The fourth-order valence-corrected chi connectivity index (χ4v) is 3.11. The third-order valence-corrected chi connectivity index (χ3v) is 3.96. The van der Waals surface area contributed by atoms with E-state index in [1.807, 2.05) is 0 Å². The van der Waals surface area contributed by atoms with Gasteiger partial charge in [0.15, 0.2) is 0 Å². The van der Waals surface area contributed by atoms with Crippen LogP contribution in [-0.2, 0) is 4.79 Å². The second-order valence-electron chi connectivity index (χ2n) is 5.91. The number of nitrogens with zero attached hydrogens (tertiary/aromatic N) is 2. The van der Waals surface area contributed by atoms with Crippen LogP contribution < -0.4 is 0 Å². The molecule has 0 aromatic heterocycles. The number of likely N-dealkylation sites (tertiary alicyclic amines) is 2. The van der Waals surface area contributed by atoms with Gasteiger partial charge in [0, 0.05) is 25.7 Å². The monoisotopic (exact) mass is 240 g/mol. The molecule has 98 valence electrons. The van der Waals surface area contributed by atoms with E-state index in [9.17, 15) is 4.79 Å². The molecule has 0 aromatic rings. The second-order valence-corrected chi connectivity index (χ2v) is 5.91. The van der Waals surface area contributed by atoms with Crippen molar-refractivity contribution in [3.05, 3.63) is 0 Å². The Morgan fingerprint density at radius 2 is 2.06 bits per heavy atom. The fraction of sp³-hybridized carbons (Fsp3) is 0.923. The van der Waals surface area contributed by atoms with Crippen LogP contribution in [0.1, 0.15) is 26.7 Å². The largest absolute Gasteiger partial charge is 0.481 e. The van der Waals surface area contributed by atoms with Gasteiger partial charge in [0.2, 0.25) is 0 Å². The van der Waals surface area contributed by atoms with Crippen molar-refractivity contribution in [3.63, 3.8) is 0 Å². The zero-order valence-electron chi connectivity index (χ0n) is 10.9. The average molecular weight is 240 g/mol. The predicted molar refractivity (Wildman–Crippen MR) is 67.0 cm³/mol. The summed E-state index contributed by atoms with van der Waals surface area (Å²) in [5.74, 6) is -0.0298. The van der Waals surface area contributed by atoms with Crippen molar-refractivity contribution in [1.29, 1.82) is 0 Å². The van der Waals surface area contributed by atoms with Gasteiger partial charge in [0.25, 0.3) is 0 Å². The number of carboxylic acid groups (broad SMARTS) is 1. The van der Waals surface area contributed by atoms with Crippen molar-refractivity contribution in [2.45, 2.75) is 32.7 Å². The van der Waals surface area contributed by atoms with Gasteiger partial charge in [0.1, 0.15) is 0 Å². The van der Waals surface area contributed by atoms with E-state index in [-0.39, 0.29) is 5.92 Å². The molecule has 0 amide bonds. The van der Waals surface area contributed by atoms with E-state index in [0.29, 0.717) is 6.04 Å². The highest BCUT2D eigenvalue weighted by molar-refractivity contribution is 5.70. The van der Waals surface area contributed by atoms with Gasteiger partial charge >= 0.3 is 5.97 Å². The summed E-state index contributed by atoms with van der Waals surface area (Å²) in [7, 11) is 0. The highest BCUT2D eigenvalue weighted by atomic mass is 16.4. The summed E-state index contributed by atoms with van der Waals surface area (Å²) in [5, 5.41) is 9.01. The summed E-state index contributed by atoms with van der Waals surface area (Å²) in [6.45, 7) is 9.72. The van der Waals surface area contributed by atoms with E-state index in [2.05, 4.69) is 23.6 Å². The number of aliphatic carboxylic acids is 1. The zero-order valence-corrected chi connectivity index (χ0v) is 10.9. The zero-order chi connectivity index (χ0) is 12.4. The molecule has 2 aliphatic rings. The molecule has 4 nitrogen and oxygen atoms in total. The molecule has 2 saturated heterocycles. The van der Waals surface area contributed by atoms with Crippen LogP contribution in [0, 0.1) is 11.8 Å². The van der Waals surface area contributed by atoms with E-state index in [1.165, 1.54) is 19.5 Å². The van der Waals surface area contributed by atoms with E-state index in [0.717, 1.165) is 32.0 Å². The minimum Gasteiger partial charge on any atom is -0.481 e. The van der Waals surface area contributed by atoms with E-state index >= 15 is 0 Å². The van der Waals surface area contributed by atoms with Gasteiger partial charge in [-0.3, -0.25) is 9.69 Å². The first-order valence-corrected chi connectivity index (χ1v) is 6.75. The van der Waals surface area contributed by atoms with Crippen molar-refractivity contribution in [2.24, 2.45) is 11.8 Å². The Morgan fingerprint density at radius 1 is 1.29 bits per heavy atom. The van der Waals surface area contributed by atoms with Gasteiger partial charge in [0.05, 0.1) is 5.92 Å². The first kappa shape index (κ1) is 12.8. The molecular formula is C13H24N2O2. The van der Waals surface area contributed by atoms with Gasteiger partial charge in [-0.05, 0) is 31.8 Å². The Kier molecular flexibility index (Phi) is 4.05.